The van der Waals surface area contributed by atoms with Gasteiger partial charge in [0.15, 0.2) is 0 Å². The average molecular weight is 552 g/mol. The molecule has 14 nitrogen and oxygen atoms in total. The number of primary amides is 1. The summed E-state index contributed by atoms with van der Waals surface area (Å²) in [7, 11) is 0. The Bertz CT molecular complexity index is 1030. The fraction of sp³-hybridized carbons (Fsp3) is 0.520. The number of phenolic OH excluding ortho intramolecular Hbond substituents is 1. The Morgan fingerprint density at radius 1 is 0.795 bits per heavy atom. The van der Waals surface area contributed by atoms with Gasteiger partial charge in [-0.05, 0) is 42.9 Å². The van der Waals surface area contributed by atoms with Crippen LogP contribution < -0.4 is 27.4 Å². The molecule has 1 rings (SSSR count). The minimum Gasteiger partial charge on any atom is -0.508 e. The van der Waals surface area contributed by atoms with Crippen molar-refractivity contribution >= 4 is 35.6 Å². The third-order valence-corrected chi connectivity index (χ3v) is 5.65. The van der Waals surface area contributed by atoms with Crippen LogP contribution in [0.15, 0.2) is 24.3 Å². The number of nitrogens with two attached hydrogens (primary N) is 2. The van der Waals surface area contributed by atoms with Crippen molar-refractivity contribution < 1.29 is 44.1 Å². The molecule has 10 N–H and O–H groups in total. The average Bonchev–Trinajstić information content (AvgIpc) is 2.84. The highest BCUT2D eigenvalue weighted by Gasteiger charge is 2.31. The van der Waals surface area contributed by atoms with Crippen LogP contribution in [0.1, 0.15) is 51.5 Å². The van der Waals surface area contributed by atoms with Gasteiger partial charge in [-0.25, -0.2) is 4.79 Å². The summed E-state index contributed by atoms with van der Waals surface area (Å²) < 4.78 is 0. The highest BCUT2D eigenvalue weighted by Crippen LogP contribution is 2.13. The molecule has 0 saturated carbocycles. The molecule has 4 atom stereocenters. The molecule has 14 heteroatoms. The van der Waals surface area contributed by atoms with E-state index in [0.717, 1.165) is 0 Å². The number of phenols is 1. The van der Waals surface area contributed by atoms with E-state index < -0.39 is 66.2 Å². The van der Waals surface area contributed by atoms with Crippen LogP contribution in [0, 0.1) is 5.92 Å². The minimum absolute atomic E-state index is 0.0305. The topological polar surface area (TPSA) is 251 Å². The Labute approximate surface area is 225 Å². The number of carbonyl (C=O) groups excluding carboxylic acids is 4. The zero-order valence-electron chi connectivity index (χ0n) is 21.9. The number of nitrogens with one attached hydrogen (secondary N) is 3. The van der Waals surface area contributed by atoms with Gasteiger partial charge in [-0.1, -0.05) is 26.0 Å². The van der Waals surface area contributed by atoms with Crippen LogP contribution in [0.5, 0.6) is 5.75 Å². The maximum atomic E-state index is 13.3. The van der Waals surface area contributed by atoms with Crippen LogP contribution in [0.25, 0.3) is 0 Å². The smallest absolute Gasteiger partial charge is 0.326 e. The molecule has 0 aliphatic rings. The highest BCUT2D eigenvalue weighted by atomic mass is 16.4. The zero-order chi connectivity index (χ0) is 29.7. The van der Waals surface area contributed by atoms with E-state index in [1.54, 1.807) is 13.8 Å². The Balaban J connectivity index is 3.16. The Morgan fingerprint density at radius 2 is 1.33 bits per heavy atom. The lowest BCUT2D eigenvalue weighted by Crippen LogP contribution is -2.57. The number of carboxylic acid groups (broad SMARTS) is 2. The quantitative estimate of drug-likeness (QED) is 0.117. The van der Waals surface area contributed by atoms with E-state index in [1.165, 1.54) is 24.3 Å². The largest absolute Gasteiger partial charge is 0.508 e. The normalized spacial score (nSPS) is 13.9. The van der Waals surface area contributed by atoms with Gasteiger partial charge in [-0.3, -0.25) is 24.0 Å². The van der Waals surface area contributed by atoms with Crippen molar-refractivity contribution in [1.82, 2.24) is 16.0 Å². The van der Waals surface area contributed by atoms with E-state index in [-0.39, 0.29) is 43.8 Å². The number of aromatic hydroxyl groups is 1. The standard InChI is InChI=1S/C25H37N5O9/c1-13(2)11-19(25(38)39)30-23(36)17(8-10-21(33)34)28-24(37)18(12-14-3-5-15(31)6-4-14)29-22(35)16(26)7-9-20(27)32/h3-6,13,16-19,31H,7-12,26H2,1-2H3,(H2,27,32)(H,28,37)(H,29,35)(H,30,36)(H,33,34)(H,38,39). The zero-order valence-corrected chi connectivity index (χ0v) is 21.9. The van der Waals surface area contributed by atoms with Gasteiger partial charge in [0, 0.05) is 19.3 Å². The summed E-state index contributed by atoms with van der Waals surface area (Å²) in [5.41, 5.74) is 11.4. The van der Waals surface area contributed by atoms with E-state index in [4.69, 9.17) is 16.6 Å². The number of aliphatic carboxylic acids is 2. The molecular weight excluding hydrogens is 514 g/mol. The molecule has 0 aromatic heterocycles. The number of hydrogen-bond donors (Lipinski definition) is 8. The predicted octanol–water partition coefficient (Wildman–Crippen LogP) is -1.02. The van der Waals surface area contributed by atoms with Crippen molar-refractivity contribution in [3.63, 3.8) is 0 Å². The summed E-state index contributed by atoms with van der Waals surface area (Å²) in [4.78, 5) is 72.6. The third kappa shape index (κ3) is 12.7. The first-order chi connectivity index (χ1) is 18.2. The first kappa shape index (κ1) is 32.8. The summed E-state index contributed by atoms with van der Waals surface area (Å²) in [6.07, 6.45) is -1.10. The van der Waals surface area contributed by atoms with Gasteiger partial charge in [0.05, 0.1) is 6.04 Å². The molecule has 1 aromatic carbocycles. The molecule has 0 spiro atoms. The fourth-order valence-corrected chi connectivity index (χ4v) is 3.56. The number of rotatable bonds is 17. The molecule has 216 valence electrons. The minimum atomic E-state index is -1.43. The number of carbonyl (C=O) groups is 6. The van der Waals surface area contributed by atoms with Crippen molar-refractivity contribution in [2.24, 2.45) is 17.4 Å². The Hall–Kier alpha value is -4.20. The molecule has 4 unspecified atom stereocenters. The maximum absolute atomic E-state index is 13.3. The van der Waals surface area contributed by atoms with E-state index in [9.17, 15) is 39.0 Å². The molecular formula is C25H37N5O9. The molecule has 0 radical (unpaired) electrons. The second kappa shape index (κ2) is 15.9. The summed E-state index contributed by atoms with van der Waals surface area (Å²) >= 11 is 0. The monoisotopic (exact) mass is 551 g/mol. The van der Waals surface area contributed by atoms with Crippen molar-refractivity contribution in [2.45, 2.75) is 76.5 Å². The van der Waals surface area contributed by atoms with E-state index in [2.05, 4.69) is 16.0 Å². The van der Waals surface area contributed by atoms with E-state index in [0.29, 0.717) is 5.56 Å². The molecule has 0 fully saturated rings. The van der Waals surface area contributed by atoms with Crippen LogP contribution in [0.4, 0.5) is 0 Å². The van der Waals surface area contributed by atoms with Gasteiger partial charge in [0.1, 0.15) is 23.9 Å². The lowest BCUT2D eigenvalue weighted by molar-refractivity contribution is -0.143. The van der Waals surface area contributed by atoms with E-state index in [1.807, 2.05) is 0 Å². The van der Waals surface area contributed by atoms with Gasteiger partial charge in [-0.2, -0.15) is 0 Å². The predicted molar refractivity (Wildman–Crippen MR) is 138 cm³/mol. The SMILES string of the molecule is CC(C)CC(NC(=O)C(CCC(=O)O)NC(=O)C(Cc1ccc(O)cc1)NC(=O)C(N)CCC(N)=O)C(=O)O. The van der Waals surface area contributed by atoms with Crippen LogP contribution in [-0.2, 0) is 35.2 Å². The fourth-order valence-electron chi connectivity index (χ4n) is 3.56. The van der Waals surface area contributed by atoms with Gasteiger partial charge < -0.3 is 42.7 Å². The molecule has 39 heavy (non-hydrogen) atoms. The van der Waals surface area contributed by atoms with Crippen molar-refractivity contribution in [3.05, 3.63) is 29.8 Å². The first-order valence-electron chi connectivity index (χ1n) is 12.4. The molecule has 0 heterocycles. The van der Waals surface area contributed by atoms with Crippen LogP contribution in [0.3, 0.4) is 0 Å². The molecule has 0 aliphatic carbocycles. The lowest BCUT2D eigenvalue weighted by atomic mass is 10.0. The summed E-state index contributed by atoms with van der Waals surface area (Å²) in [5.74, 6) is -5.84. The van der Waals surface area contributed by atoms with E-state index >= 15 is 0 Å². The summed E-state index contributed by atoms with van der Waals surface area (Å²) in [6.45, 7) is 3.52. The van der Waals surface area contributed by atoms with Crippen LogP contribution >= 0.6 is 0 Å². The van der Waals surface area contributed by atoms with Crippen LogP contribution in [0.2, 0.25) is 0 Å². The molecule has 0 saturated heterocycles. The van der Waals surface area contributed by atoms with Gasteiger partial charge in [0.2, 0.25) is 23.6 Å². The summed E-state index contributed by atoms with van der Waals surface area (Å²) in [6, 6.07) is 0.588. The number of hydrogen-bond acceptors (Lipinski definition) is 8. The second-order valence-electron chi connectivity index (χ2n) is 9.57. The first-order valence-corrected chi connectivity index (χ1v) is 12.4. The molecule has 1 aromatic rings. The van der Waals surface area contributed by atoms with Gasteiger partial charge in [-0.15, -0.1) is 0 Å². The number of benzene rings is 1. The van der Waals surface area contributed by atoms with Gasteiger partial charge >= 0.3 is 11.9 Å². The van der Waals surface area contributed by atoms with Crippen molar-refractivity contribution in [2.75, 3.05) is 0 Å². The highest BCUT2D eigenvalue weighted by molar-refractivity contribution is 5.94. The van der Waals surface area contributed by atoms with Crippen LogP contribution in [-0.4, -0.2) is 75.1 Å². The summed E-state index contributed by atoms with van der Waals surface area (Å²) in [5, 5.41) is 35.3. The number of amides is 4. The van der Waals surface area contributed by atoms with Crippen molar-refractivity contribution in [3.8, 4) is 5.75 Å². The third-order valence-electron chi connectivity index (χ3n) is 5.65. The molecule has 4 amide bonds. The van der Waals surface area contributed by atoms with Crippen molar-refractivity contribution in [1.29, 1.82) is 0 Å². The maximum Gasteiger partial charge on any atom is 0.326 e. The molecule has 0 aliphatic heterocycles. The van der Waals surface area contributed by atoms with Gasteiger partial charge in [0.25, 0.3) is 0 Å². The Kier molecular flexibility index (Phi) is 13.4. The Morgan fingerprint density at radius 3 is 1.85 bits per heavy atom. The second-order valence-corrected chi connectivity index (χ2v) is 9.57. The number of carboxylic acids is 2. The molecule has 0 bridgehead atoms. The lowest BCUT2D eigenvalue weighted by Gasteiger charge is -2.25.